The van der Waals surface area contributed by atoms with Gasteiger partial charge in [-0.05, 0) is 37.1 Å². The first kappa shape index (κ1) is 24.8. The summed E-state index contributed by atoms with van der Waals surface area (Å²) in [5, 5.41) is 2.96. The molecule has 1 amide bonds. The highest BCUT2D eigenvalue weighted by molar-refractivity contribution is 7.92. The van der Waals surface area contributed by atoms with Crippen molar-refractivity contribution >= 4 is 21.6 Å². The number of anilines is 1. The Balaban J connectivity index is 1.91. The SMILES string of the molecule is COc1ccc(S(=O)(=O)N(CC(=O)NC2CCCCCCC2)c2ccccc2F)cc1OC. The first-order chi connectivity index (χ1) is 15.9. The molecule has 1 aliphatic rings. The van der Waals surface area contributed by atoms with E-state index in [9.17, 15) is 17.6 Å². The van der Waals surface area contributed by atoms with Gasteiger partial charge in [0.1, 0.15) is 12.4 Å². The summed E-state index contributed by atoms with van der Waals surface area (Å²) in [4.78, 5) is 12.8. The number of sulfonamides is 1. The lowest BCUT2D eigenvalue weighted by molar-refractivity contribution is -0.120. The van der Waals surface area contributed by atoms with Crippen LogP contribution in [0.4, 0.5) is 10.1 Å². The van der Waals surface area contributed by atoms with Gasteiger partial charge in [0.2, 0.25) is 5.91 Å². The van der Waals surface area contributed by atoms with Crippen molar-refractivity contribution in [2.24, 2.45) is 0 Å². The van der Waals surface area contributed by atoms with Gasteiger partial charge in [0.15, 0.2) is 11.5 Å². The van der Waals surface area contributed by atoms with Crippen molar-refractivity contribution in [1.29, 1.82) is 0 Å². The van der Waals surface area contributed by atoms with E-state index in [1.807, 2.05) is 0 Å². The first-order valence-corrected chi connectivity index (χ1v) is 12.6. The summed E-state index contributed by atoms with van der Waals surface area (Å²) < 4.78 is 53.0. The van der Waals surface area contributed by atoms with E-state index < -0.39 is 28.3 Å². The van der Waals surface area contributed by atoms with Crippen molar-refractivity contribution in [3.8, 4) is 11.5 Å². The van der Waals surface area contributed by atoms with E-state index in [0.717, 1.165) is 42.8 Å². The number of methoxy groups -OCH3 is 2. The highest BCUT2D eigenvalue weighted by atomic mass is 32.2. The summed E-state index contributed by atoms with van der Waals surface area (Å²) in [5.74, 6) is -0.630. The van der Waals surface area contributed by atoms with E-state index in [1.54, 1.807) is 0 Å². The van der Waals surface area contributed by atoms with E-state index in [1.165, 1.54) is 63.1 Å². The van der Waals surface area contributed by atoms with Crippen molar-refractivity contribution in [3.05, 3.63) is 48.3 Å². The van der Waals surface area contributed by atoms with Crippen molar-refractivity contribution < 1.29 is 27.1 Å². The number of carbonyl (C=O) groups excluding carboxylic acids is 1. The number of nitrogens with one attached hydrogen (secondary N) is 1. The Morgan fingerprint density at radius 1 is 1.00 bits per heavy atom. The second-order valence-electron chi connectivity index (χ2n) is 8.09. The van der Waals surface area contributed by atoms with Crippen LogP contribution in [-0.2, 0) is 14.8 Å². The monoisotopic (exact) mass is 478 g/mol. The van der Waals surface area contributed by atoms with Crippen molar-refractivity contribution in [3.63, 3.8) is 0 Å². The summed E-state index contributed by atoms with van der Waals surface area (Å²) in [6.07, 6.45) is 7.20. The minimum atomic E-state index is -4.29. The molecular weight excluding hydrogens is 447 g/mol. The van der Waals surface area contributed by atoms with Crippen LogP contribution in [0.25, 0.3) is 0 Å². The molecule has 1 N–H and O–H groups in total. The molecule has 0 heterocycles. The van der Waals surface area contributed by atoms with Crippen molar-refractivity contribution in [1.82, 2.24) is 5.32 Å². The molecule has 3 rings (SSSR count). The van der Waals surface area contributed by atoms with Gasteiger partial charge < -0.3 is 14.8 Å². The molecule has 0 aromatic heterocycles. The second kappa shape index (κ2) is 11.4. The molecule has 1 aliphatic carbocycles. The van der Waals surface area contributed by atoms with Crippen LogP contribution < -0.4 is 19.1 Å². The number of carbonyl (C=O) groups is 1. The van der Waals surface area contributed by atoms with Gasteiger partial charge in [-0.15, -0.1) is 0 Å². The van der Waals surface area contributed by atoms with Gasteiger partial charge in [0, 0.05) is 12.1 Å². The molecule has 0 spiro atoms. The number of rotatable bonds is 8. The molecular formula is C24H31FN2O5S. The predicted octanol–water partition coefficient (Wildman–Crippen LogP) is 4.27. The lowest BCUT2D eigenvalue weighted by atomic mass is 9.97. The first-order valence-electron chi connectivity index (χ1n) is 11.2. The zero-order chi connectivity index (χ0) is 23.8. The van der Waals surface area contributed by atoms with Gasteiger partial charge in [-0.1, -0.05) is 44.2 Å². The third kappa shape index (κ3) is 6.16. The van der Waals surface area contributed by atoms with Crippen LogP contribution in [0, 0.1) is 5.82 Å². The Labute approximate surface area is 194 Å². The Hall–Kier alpha value is -2.81. The average molecular weight is 479 g/mol. The largest absolute Gasteiger partial charge is 0.493 e. The lowest BCUT2D eigenvalue weighted by Gasteiger charge is -2.27. The zero-order valence-electron chi connectivity index (χ0n) is 19.1. The second-order valence-corrected chi connectivity index (χ2v) is 9.95. The molecule has 180 valence electrons. The number of nitrogens with zero attached hydrogens (tertiary/aromatic N) is 1. The molecule has 1 saturated carbocycles. The fourth-order valence-corrected chi connectivity index (χ4v) is 5.51. The molecule has 9 heteroatoms. The van der Waals surface area contributed by atoms with Crippen LogP contribution in [0.1, 0.15) is 44.9 Å². The third-order valence-corrected chi connectivity index (χ3v) is 7.58. The molecule has 0 aliphatic heterocycles. The number of amides is 1. The lowest BCUT2D eigenvalue weighted by Crippen LogP contribution is -2.44. The molecule has 1 fully saturated rings. The Morgan fingerprint density at radius 2 is 1.64 bits per heavy atom. The van der Waals surface area contributed by atoms with Crippen molar-refractivity contribution in [2.75, 3.05) is 25.1 Å². The number of hydrogen-bond donors (Lipinski definition) is 1. The standard InChI is InChI=1S/C24H31FN2O5S/c1-31-22-15-14-19(16-23(22)32-2)33(29,30)27(21-13-9-8-12-20(21)25)17-24(28)26-18-10-6-4-3-5-7-11-18/h8-9,12-16,18H,3-7,10-11,17H2,1-2H3,(H,26,28). The quantitative estimate of drug-likeness (QED) is 0.613. The average Bonchev–Trinajstić information content (AvgIpc) is 2.79. The van der Waals surface area contributed by atoms with Crippen LogP contribution in [-0.4, -0.2) is 41.1 Å². The van der Waals surface area contributed by atoms with Gasteiger partial charge in [-0.3, -0.25) is 9.10 Å². The maximum absolute atomic E-state index is 14.7. The Bertz CT molecular complexity index is 1050. The number of benzene rings is 2. The van der Waals surface area contributed by atoms with E-state index in [2.05, 4.69) is 5.32 Å². The molecule has 0 radical (unpaired) electrons. The minimum Gasteiger partial charge on any atom is -0.493 e. The number of ether oxygens (including phenoxy) is 2. The van der Waals surface area contributed by atoms with Gasteiger partial charge >= 0.3 is 0 Å². The molecule has 0 saturated heterocycles. The van der Waals surface area contributed by atoms with E-state index in [0.29, 0.717) is 5.75 Å². The topological polar surface area (TPSA) is 84.9 Å². The summed E-state index contributed by atoms with van der Waals surface area (Å²) >= 11 is 0. The molecule has 0 unspecified atom stereocenters. The fourth-order valence-electron chi connectivity index (χ4n) is 4.06. The number of para-hydroxylation sites is 1. The number of hydrogen-bond acceptors (Lipinski definition) is 5. The van der Waals surface area contributed by atoms with E-state index in [-0.39, 0.29) is 22.4 Å². The molecule has 33 heavy (non-hydrogen) atoms. The fraction of sp³-hybridized carbons (Fsp3) is 0.458. The van der Waals surface area contributed by atoms with Gasteiger partial charge in [0.05, 0.1) is 24.8 Å². The zero-order valence-corrected chi connectivity index (χ0v) is 19.9. The molecule has 2 aromatic carbocycles. The maximum atomic E-state index is 14.7. The molecule has 0 atom stereocenters. The minimum absolute atomic E-state index is 0.0101. The van der Waals surface area contributed by atoms with Gasteiger partial charge in [-0.25, -0.2) is 12.8 Å². The normalized spacial score (nSPS) is 15.2. The van der Waals surface area contributed by atoms with Crippen molar-refractivity contribution in [2.45, 2.75) is 55.9 Å². The maximum Gasteiger partial charge on any atom is 0.265 e. The Kier molecular flexibility index (Phi) is 8.55. The summed E-state index contributed by atoms with van der Waals surface area (Å²) in [6.45, 7) is -0.534. The summed E-state index contributed by atoms with van der Waals surface area (Å²) in [5.41, 5.74) is -0.194. The van der Waals surface area contributed by atoms with Crippen LogP contribution >= 0.6 is 0 Å². The predicted molar refractivity (Wildman–Crippen MR) is 125 cm³/mol. The van der Waals surface area contributed by atoms with E-state index >= 15 is 0 Å². The summed E-state index contributed by atoms with van der Waals surface area (Å²) in [6, 6.07) is 9.60. The molecule has 0 bridgehead atoms. The number of halogens is 1. The van der Waals surface area contributed by atoms with Gasteiger partial charge in [0.25, 0.3) is 10.0 Å². The van der Waals surface area contributed by atoms with Crippen LogP contribution in [0.5, 0.6) is 11.5 Å². The van der Waals surface area contributed by atoms with Crippen LogP contribution in [0.15, 0.2) is 47.4 Å². The van der Waals surface area contributed by atoms with E-state index in [4.69, 9.17) is 9.47 Å². The highest BCUT2D eigenvalue weighted by Gasteiger charge is 2.30. The van der Waals surface area contributed by atoms with Crippen LogP contribution in [0.3, 0.4) is 0 Å². The third-order valence-electron chi connectivity index (χ3n) is 5.82. The van der Waals surface area contributed by atoms with Crippen LogP contribution in [0.2, 0.25) is 0 Å². The Morgan fingerprint density at radius 3 is 2.27 bits per heavy atom. The smallest absolute Gasteiger partial charge is 0.265 e. The molecule has 7 nitrogen and oxygen atoms in total. The highest BCUT2D eigenvalue weighted by Crippen LogP contribution is 2.33. The van der Waals surface area contributed by atoms with Gasteiger partial charge in [-0.2, -0.15) is 0 Å². The molecule has 2 aromatic rings. The summed E-state index contributed by atoms with van der Waals surface area (Å²) in [7, 11) is -1.45.